The predicted octanol–water partition coefficient (Wildman–Crippen LogP) is 1.58. The van der Waals surface area contributed by atoms with Crippen LogP contribution in [0.2, 0.25) is 0 Å². The van der Waals surface area contributed by atoms with Crippen molar-refractivity contribution in [1.29, 1.82) is 0 Å². The van der Waals surface area contributed by atoms with Gasteiger partial charge in [-0.2, -0.15) is 0 Å². The summed E-state index contributed by atoms with van der Waals surface area (Å²) in [5.74, 6) is -0.315. The van der Waals surface area contributed by atoms with Gasteiger partial charge in [-0.1, -0.05) is 47.9 Å². The summed E-state index contributed by atoms with van der Waals surface area (Å²) in [6, 6.07) is 16.6. The highest BCUT2D eigenvalue weighted by Gasteiger charge is 2.63. The smallest absolute Gasteiger partial charge is 0.504 e. The molecule has 0 spiro atoms. The van der Waals surface area contributed by atoms with Crippen LogP contribution < -0.4 is 10.8 Å². The molecule has 0 aromatic heterocycles. The number of fused-ring (bicyclic) bond motifs is 1. The second kappa shape index (κ2) is 6.67. The lowest BCUT2D eigenvalue weighted by Crippen LogP contribution is -2.71. The Hall–Kier alpha value is -2.35. The number of benzene rings is 2. The molecule has 2 aromatic rings. The maximum absolute atomic E-state index is 12.7. The number of hydrogen-bond donors (Lipinski definition) is 2. The highest BCUT2D eigenvalue weighted by atomic mass is 16.7. The predicted molar refractivity (Wildman–Crippen MR) is 103 cm³/mol. The second-order valence-corrected chi connectivity index (χ2v) is 7.74. The zero-order valence-corrected chi connectivity index (χ0v) is 15.7. The molecule has 0 saturated carbocycles. The molecule has 1 amide bonds. The van der Waals surface area contributed by atoms with E-state index in [0.717, 1.165) is 18.6 Å². The molecule has 6 nitrogen and oxygen atoms in total. The molecular formula is C20H25BN2O4. The highest BCUT2D eigenvalue weighted by molar-refractivity contribution is 6.75. The van der Waals surface area contributed by atoms with Crippen molar-refractivity contribution < 1.29 is 23.6 Å². The van der Waals surface area contributed by atoms with Gasteiger partial charge in [-0.25, -0.2) is 0 Å². The van der Waals surface area contributed by atoms with Gasteiger partial charge in [0.2, 0.25) is 0 Å². The Kier molecular flexibility index (Phi) is 4.46. The van der Waals surface area contributed by atoms with Gasteiger partial charge in [-0.15, -0.1) is 0 Å². The third-order valence-electron chi connectivity index (χ3n) is 5.72. The Morgan fingerprint density at radius 2 is 1.67 bits per heavy atom. The third kappa shape index (κ3) is 2.92. The Morgan fingerprint density at radius 3 is 2.30 bits per heavy atom. The van der Waals surface area contributed by atoms with E-state index in [1.165, 1.54) is 6.07 Å². The number of phenolic OH excluding ortho intramolecular Hbond substituents is 1. The number of aromatic hydroxyl groups is 1. The van der Waals surface area contributed by atoms with Gasteiger partial charge in [-0.3, -0.25) is 4.79 Å². The van der Waals surface area contributed by atoms with E-state index < -0.39 is 6.69 Å². The molecule has 7 heteroatoms. The van der Waals surface area contributed by atoms with Crippen LogP contribution in [-0.4, -0.2) is 54.1 Å². The van der Waals surface area contributed by atoms with Gasteiger partial charge in [0.25, 0.3) is 5.91 Å². The van der Waals surface area contributed by atoms with Crippen LogP contribution in [0.25, 0.3) is 0 Å². The number of carbonyl (C=O) groups is 1. The van der Waals surface area contributed by atoms with Crippen molar-refractivity contribution in [1.82, 2.24) is 5.32 Å². The fourth-order valence-electron chi connectivity index (χ4n) is 4.79. The third-order valence-corrected chi connectivity index (χ3v) is 5.72. The number of nitrogens with one attached hydrogen (secondary N) is 1. The number of quaternary nitrogens is 1. The lowest BCUT2D eigenvalue weighted by atomic mass is 9.61. The number of carbonyl (C=O) groups excluding carboxylic acids is 1. The van der Waals surface area contributed by atoms with Crippen molar-refractivity contribution in [2.45, 2.75) is 26.1 Å². The maximum Gasteiger partial charge on any atom is 0.504 e. The zero-order valence-electron chi connectivity index (χ0n) is 15.7. The molecule has 2 atom stereocenters. The summed E-state index contributed by atoms with van der Waals surface area (Å²) in [6.07, 6.45) is 0.0551. The summed E-state index contributed by atoms with van der Waals surface area (Å²) >= 11 is 0. The Balaban J connectivity index is 1.64. The summed E-state index contributed by atoms with van der Waals surface area (Å²) in [6.45, 7) is 4.25. The first-order valence-electron chi connectivity index (χ1n) is 9.43. The number of nitrogens with zero attached hydrogens (tertiary/aromatic N) is 1. The van der Waals surface area contributed by atoms with Crippen LogP contribution in [0.3, 0.4) is 0 Å². The molecule has 2 N–H and O–H groups in total. The molecule has 0 radical (unpaired) electrons. The van der Waals surface area contributed by atoms with E-state index in [-0.39, 0.29) is 29.4 Å². The monoisotopic (exact) mass is 368 g/mol. The quantitative estimate of drug-likeness (QED) is 0.805. The lowest BCUT2D eigenvalue weighted by Gasteiger charge is -2.46. The minimum absolute atomic E-state index is 0.0214. The van der Waals surface area contributed by atoms with Crippen LogP contribution in [0.15, 0.2) is 54.6 Å². The van der Waals surface area contributed by atoms with Gasteiger partial charge in [0.1, 0.15) is 12.4 Å². The molecule has 2 aliphatic rings. The molecule has 0 aliphatic carbocycles. The fourth-order valence-corrected chi connectivity index (χ4v) is 4.79. The molecule has 4 rings (SSSR count). The Labute approximate surface area is 159 Å². The average molecular weight is 368 g/mol. The summed E-state index contributed by atoms with van der Waals surface area (Å²) in [5.41, 5.74) is 1.29. The van der Waals surface area contributed by atoms with Crippen molar-refractivity contribution in [3.05, 3.63) is 60.2 Å². The minimum atomic E-state index is -1.76. The van der Waals surface area contributed by atoms with Crippen molar-refractivity contribution in [2.75, 3.05) is 19.8 Å². The number of hydrogen-bond acceptors (Lipinski definition) is 4. The molecule has 2 aromatic carbocycles. The van der Waals surface area contributed by atoms with Crippen molar-refractivity contribution in [3.63, 3.8) is 0 Å². The van der Waals surface area contributed by atoms with E-state index in [9.17, 15) is 9.90 Å². The molecule has 27 heavy (non-hydrogen) atoms. The van der Waals surface area contributed by atoms with Gasteiger partial charge < -0.3 is 24.1 Å². The summed E-state index contributed by atoms with van der Waals surface area (Å²) < 4.78 is 13.3. The molecule has 2 fully saturated rings. The molecule has 0 bridgehead atoms. The standard InChI is InChI=1S/C20H25BN2O4/c1-15-12-23(14-22-20(25)18-10-6-7-11-19(18)24)13-16(2)27-21(23,26-15)17-8-4-3-5-9-17/h3-11,15-16,24H,12-14H2,1-2H3,(H,22,25)/t15-,16-,21?,23?/m0/s1. The van der Waals surface area contributed by atoms with Gasteiger partial charge in [0, 0.05) is 0 Å². The minimum Gasteiger partial charge on any atom is -0.507 e. The molecule has 142 valence electrons. The van der Waals surface area contributed by atoms with Gasteiger partial charge in [0.05, 0.1) is 30.9 Å². The largest absolute Gasteiger partial charge is 0.507 e. The van der Waals surface area contributed by atoms with Crippen LogP contribution in [0.4, 0.5) is 0 Å². The topological polar surface area (TPSA) is 67.8 Å². The molecule has 0 unspecified atom stereocenters. The van der Waals surface area contributed by atoms with E-state index in [0.29, 0.717) is 11.1 Å². The highest BCUT2D eigenvalue weighted by Crippen LogP contribution is 2.39. The van der Waals surface area contributed by atoms with Gasteiger partial charge in [-0.05, 0) is 26.0 Å². The molecule has 2 saturated heterocycles. The summed E-state index contributed by atoms with van der Waals surface area (Å²) in [4.78, 5) is 12.7. The van der Waals surface area contributed by atoms with E-state index in [2.05, 4.69) is 5.32 Å². The maximum atomic E-state index is 12.7. The Bertz CT molecular complexity index is 831. The second-order valence-electron chi connectivity index (χ2n) is 7.74. The zero-order chi connectivity index (χ0) is 19.1. The van der Waals surface area contributed by atoms with Crippen LogP contribution in [-0.2, 0) is 9.31 Å². The first-order chi connectivity index (χ1) is 13.0. The van der Waals surface area contributed by atoms with E-state index in [1.54, 1.807) is 18.2 Å². The molecule has 2 aliphatic heterocycles. The van der Waals surface area contributed by atoms with E-state index in [4.69, 9.17) is 9.31 Å². The summed E-state index contributed by atoms with van der Waals surface area (Å²) in [5, 5.41) is 13.0. The van der Waals surface area contributed by atoms with Gasteiger partial charge in [0.15, 0.2) is 0 Å². The van der Waals surface area contributed by atoms with Gasteiger partial charge >= 0.3 is 6.69 Å². The fraction of sp³-hybridized carbons (Fsp3) is 0.350. The number of amides is 1. The van der Waals surface area contributed by atoms with E-state index >= 15 is 0 Å². The Morgan fingerprint density at radius 1 is 1.07 bits per heavy atom. The first kappa shape index (κ1) is 18.0. The van der Waals surface area contributed by atoms with Crippen molar-refractivity contribution in [3.8, 4) is 5.75 Å². The van der Waals surface area contributed by atoms with Crippen LogP contribution in [0.1, 0.15) is 24.2 Å². The van der Waals surface area contributed by atoms with Crippen molar-refractivity contribution >= 4 is 18.1 Å². The van der Waals surface area contributed by atoms with Crippen molar-refractivity contribution in [2.24, 2.45) is 0 Å². The molecule has 2 heterocycles. The molecular weight excluding hydrogens is 343 g/mol. The number of para-hydroxylation sites is 1. The normalized spacial score (nSPS) is 32.2. The summed E-state index contributed by atoms with van der Waals surface area (Å²) in [7, 11) is 0. The average Bonchev–Trinajstić information content (AvgIpc) is 3.07. The number of rotatable bonds is 4. The van der Waals surface area contributed by atoms with Crippen LogP contribution in [0, 0.1) is 0 Å². The SMILES string of the molecule is C[C@H]1C[N+]2(CNC(=O)c3ccccc3O)C[C@H](C)O[B-]2(c2ccccc2)O1. The van der Waals surface area contributed by atoms with Crippen LogP contribution >= 0.6 is 0 Å². The van der Waals surface area contributed by atoms with E-state index in [1.807, 2.05) is 44.2 Å². The van der Waals surface area contributed by atoms with Crippen LogP contribution in [0.5, 0.6) is 5.75 Å². The first-order valence-corrected chi connectivity index (χ1v) is 9.43. The number of phenols is 1. The lowest BCUT2D eigenvalue weighted by molar-refractivity contribution is -0.824.